The minimum atomic E-state index is -0.722. The van der Waals surface area contributed by atoms with Crippen molar-refractivity contribution in [2.75, 3.05) is 52.4 Å². The van der Waals surface area contributed by atoms with E-state index in [4.69, 9.17) is 29.3 Å². The second-order valence-electron chi connectivity index (χ2n) is 7.22. The molecule has 0 aromatic carbocycles. The summed E-state index contributed by atoms with van der Waals surface area (Å²) in [6.07, 6.45) is -0.203. The molecule has 182 valence electrons. The van der Waals surface area contributed by atoms with Gasteiger partial charge in [0.15, 0.2) is 0 Å². The standard InChI is InChI=1S/C19H31B3N6O6/c1-2-5-26(17(32)8-20)12-15(30)25-4-7-28(19(34)10-22)13-16(31)24-3-6-27(11-14(23)29)18(33)9-21/h2-13H2,1H3,(H2,23,29)(H,24,31)(H,25,30). The maximum atomic E-state index is 12.2. The van der Waals surface area contributed by atoms with E-state index in [0.29, 0.717) is 13.0 Å². The van der Waals surface area contributed by atoms with Gasteiger partial charge in [-0.05, 0) is 25.4 Å². The number of nitrogens with zero attached hydrogens (tertiary/aromatic N) is 3. The van der Waals surface area contributed by atoms with Crippen molar-refractivity contribution in [1.82, 2.24) is 25.3 Å². The monoisotopic (exact) mass is 472 g/mol. The fourth-order valence-corrected chi connectivity index (χ4v) is 2.84. The van der Waals surface area contributed by atoms with Crippen molar-refractivity contribution in [2.24, 2.45) is 5.73 Å². The maximum absolute atomic E-state index is 12.2. The van der Waals surface area contributed by atoms with Gasteiger partial charge in [0, 0.05) is 32.7 Å². The molecule has 0 aliphatic rings. The second-order valence-corrected chi connectivity index (χ2v) is 7.22. The number of primary amides is 1. The molecule has 0 aromatic heterocycles. The van der Waals surface area contributed by atoms with E-state index in [9.17, 15) is 28.8 Å². The molecule has 0 fully saturated rings. The van der Waals surface area contributed by atoms with Crippen LogP contribution in [0.25, 0.3) is 0 Å². The molecule has 4 N–H and O–H groups in total. The minimum absolute atomic E-state index is 0.00138. The average molecular weight is 472 g/mol. The summed E-state index contributed by atoms with van der Waals surface area (Å²) < 4.78 is 0. The molecule has 0 aliphatic heterocycles. The van der Waals surface area contributed by atoms with Crippen molar-refractivity contribution in [3.63, 3.8) is 0 Å². The summed E-state index contributed by atoms with van der Waals surface area (Å²) in [4.78, 5) is 74.6. The molecular weight excluding hydrogens is 441 g/mol. The molecule has 0 atom stereocenters. The quantitative estimate of drug-likeness (QED) is 0.185. The molecule has 0 saturated heterocycles. The smallest absolute Gasteiger partial charge is 0.239 e. The van der Waals surface area contributed by atoms with Crippen molar-refractivity contribution >= 4 is 59.0 Å². The summed E-state index contributed by atoms with van der Waals surface area (Å²) in [5.74, 6) is -3.05. The van der Waals surface area contributed by atoms with Gasteiger partial charge in [-0.2, -0.15) is 0 Å². The molecule has 34 heavy (non-hydrogen) atoms. The first kappa shape index (κ1) is 31.0. The molecular formula is C19H31B3N6O6. The third kappa shape index (κ3) is 12.9. The number of amides is 6. The number of hydrogen-bond donors (Lipinski definition) is 3. The lowest BCUT2D eigenvalue weighted by molar-refractivity contribution is -0.135. The molecule has 0 aliphatic carbocycles. The Kier molecular flexibility index (Phi) is 15.9. The number of hydrogen-bond acceptors (Lipinski definition) is 6. The van der Waals surface area contributed by atoms with Gasteiger partial charge >= 0.3 is 0 Å². The van der Waals surface area contributed by atoms with E-state index in [-0.39, 0.29) is 70.7 Å². The molecule has 0 spiro atoms. The highest BCUT2D eigenvalue weighted by Gasteiger charge is 2.18. The molecule has 15 heteroatoms. The van der Waals surface area contributed by atoms with E-state index < -0.39 is 29.5 Å². The number of nitrogens with two attached hydrogens (primary N) is 1. The zero-order valence-corrected chi connectivity index (χ0v) is 19.6. The van der Waals surface area contributed by atoms with Gasteiger partial charge in [0.05, 0.1) is 43.2 Å². The van der Waals surface area contributed by atoms with E-state index >= 15 is 0 Å². The van der Waals surface area contributed by atoms with Crippen LogP contribution in [0, 0.1) is 0 Å². The van der Waals surface area contributed by atoms with Gasteiger partial charge in [-0.3, -0.25) is 28.8 Å². The summed E-state index contributed by atoms with van der Waals surface area (Å²) in [6.45, 7) is 1.45. The molecule has 6 amide bonds. The molecule has 0 aromatic rings. The molecule has 0 saturated carbocycles. The highest BCUT2D eigenvalue weighted by molar-refractivity contribution is 6.20. The molecule has 12 nitrogen and oxygen atoms in total. The normalized spacial score (nSPS) is 10.1. The van der Waals surface area contributed by atoms with Gasteiger partial charge in [-0.15, -0.1) is 0 Å². The second kappa shape index (κ2) is 17.5. The summed E-state index contributed by atoms with van der Waals surface area (Å²) in [5, 5.41) is 5.12. The fourth-order valence-electron chi connectivity index (χ4n) is 2.84. The van der Waals surface area contributed by atoms with Crippen LogP contribution in [-0.4, -0.2) is 126 Å². The first-order chi connectivity index (χ1) is 16.1. The van der Waals surface area contributed by atoms with E-state index in [1.165, 1.54) is 4.90 Å². The number of carbonyl (C=O) groups excluding carboxylic acids is 6. The Morgan fingerprint density at radius 2 is 1.00 bits per heavy atom. The molecule has 0 bridgehead atoms. The highest BCUT2D eigenvalue weighted by atomic mass is 16.2. The SMILES string of the molecule is [B]CC(=O)N(CCNC(=O)CN(CCNC(=O)CN(CCC)C(=O)C[B])C(=O)C[B])CC(N)=O. The van der Waals surface area contributed by atoms with Gasteiger partial charge in [-0.25, -0.2) is 0 Å². The van der Waals surface area contributed by atoms with Crippen molar-refractivity contribution in [3.8, 4) is 0 Å². The topological polar surface area (TPSA) is 162 Å². The van der Waals surface area contributed by atoms with Crippen LogP contribution >= 0.6 is 0 Å². The summed E-state index contributed by atoms with van der Waals surface area (Å²) in [7, 11) is 16.0. The largest absolute Gasteiger partial charge is 0.368 e. The van der Waals surface area contributed by atoms with Crippen LogP contribution in [0.2, 0.25) is 19.0 Å². The molecule has 0 unspecified atom stereocenters. The van der Waals surface area contributed by atoms with Gasteiger partial charge in [-0.1, -0.05) is 6.92 Å². The average Bonchev–Trinajstić information content (AvgIpc) is 2.80. The van der Waals surface area contributed by atoms with Gasteiger partial charge in [0.25, 0.3) is 0 Å². The van der Waals surface area contributed by atoms with Crippen molar-refractivity contribution in [1.29, 1.82) is 0 Å². The van der Waals surface area contributed by atoms with Crippen LogP contribution in [0.5, 0.6) is 0 Å². The summed E-state index contributed by atoms with van der Waals surface area (Å²) in [5.41, 5.74) is 5.09. The van der Waals surface area contributed by atoms with E-state index in [0.717, 1.165) is 9.80 Å². The molecule has 0 rings (SSSR count). The van der Waals surface area contributed by atoms with Crippen LogP contribution in [0.15, 0.2) is 0 Å². The van der Waals surface area contributed by atoms with Crippen LogP contribution in [0.3, 0.4) is 0 Å². The summed E-state index contributed by atoms with van der Waals surface area (Å²) >= 11 is 0. The van der Waals surface area contributed by atoms with Crippen molar-refractivity contribution < 1.29 is 28.8 Å². The Morgan fingerprint density at radius 3 is 1.32 bits per heavy atom. The van der Waals surface area contributed by atoms with Crippen LogP contribution < -0.4 is 16.4 Å². The van der Waals surface area contributed by atoms with Crippen molar-refractivity contribution in [3.05, 3.63) is 0 Å². The highest BCUT2D eigenvalue weighted by Crippen LogP contribution is 1.97. The predicted molar refractivity (Wildman–Crippen MR) is 127 cm³/mol. The Hall–Kier alpha value is -2.99. The van der Waals surface area contributed by atoms with E-state index in [1.54, 1.807) is 0 Å². The maximum Gasteiger partial charge on any atom is 0.239 e. The summed E-state index contributed by atoms with van der Waals surface area (Å²) in [6, 6.07) is 0. The Bertz CT molecular complexity index is 727. The van der Waals surface area contributed by atoms with E-state index in [2.05, 4.69) is 10.6 Å². The van der Waals surface area contributed by atoms with Crippen LogP contribution in [0.4, 0.5) is 0 Å². The van der Waals surface area contributed by atoms with Gasteiger partial charge in [0.1, 0.15) is 0 Å². The van der Waals surface area contributed by atoms with Crippen molar-refractivity contribution in [2.45, 2.75) is 32.3 Å². The molecule has 0 heterocycles. The molecule has 6 radical (unpaired) electrons. The van der Waals surface area contributed by atoms with Gasteiger partial charge < -0.3 is 31.1 Å². The Balaban J connectivity index is 4.67. The zero-order chi connectivity index (χ0) is 26.1. The Morgan fingerprint density at radius 1 is 0.647 bits per heavy atom. The lowest BCUT2D eigenvalue weighted by Gasteiger charge is -2.24. The third-order valence-corrected chi connectivity index (χ3v) is 4.50. The fraction of sp³-hybridized carbons (Fsp3) is 0.684. The lowest BCUT2D eigenvalue weighted by atomic mass is 10.0. The number of nitrogens with one attached hydrogen (secondary N) is 2. The zero-order valence-electron chi connectivity index (χ0n) is 19.6. The van der Waals surface area contributed by atoms with Crippen LogP contribution in [0.1, 0.15) is 13.3 Å². The van der Waals surface area contributed by atoms with Gasteiger partial charge in [0.2, 0.25) is 35.4 Å². The first-order valence-electron chi connectivity index (χ1n) is 10.8. The lowest BCUT2D eigenvalue weighted by Crippen LogP contribution is -2.47. The Labute approximate surface area is 203 Å². The first-order valence-corrected chi connectivity index (χ1v) is 10.8. The predicted octanol–water partition coefficient (Wildman–Crippen LogP) is -3.64. The van der Waals surface area contributed by atoms with E-state index in [1.807, 2.05) is 6.92 Å². The van der Waals surface area contributed by atoms with Crippen LogP contribution in [-0.2, 0) is 28.8 Å². The number of carbonyl (C=O) groups is 6. The third-order valence-electron chi connectivity index (χ3n) is 4.50. The minimum Gasteiger partial charge on any atom is -0.368 e. The number of rotatable bonds is 17.